The first kappa shape index (κ1) is 18.4. The van der Waals surface area contributed by atoms with Crippen molar-refractivity contribution in [3.05, 3.63) is 47.5 Å². The van der Waals surface area contributed by atoms with Crippen LogP contribution >= 0.6 is 0 Å². The molecule has 3 rings (SSSR count). The fraction of sp³-hybridized carbons (Fsp3) is 0.474. The Labute approximate surface area is 153 Å². The highest BCUT2D eigenvalue weighted by Crippen LogP contribution is 2.16. The van der Waals surface area contributed by atoms with Crippen molar-refractivity contribution in [1.29, 1.82) is 0 Å². The number of benzene rings is 1. The van der Waals surface area contributed by atoms with Crippen molar-refractivity contribution < 1.29 is 9.18 Å². The lowest BCUT2D eigenvalue weighted by Gasteiger charge is -2.36. The van der Waals surface area contributed by atoms with Crippen LogP contribution in [0.4, 0.5) is 10.1 Å². The Kier molecular flexibility index (Phi) is 5.88. The molecule has 0 radical (unpaired) electrons. The quantitative estimate of drug-likeness (QED) is 0.851. The van der Waals surface area contributed by atoms with Gasteiger partial charge in [0.2, 0.25) is 5.91 Å². The van der Waals surface area contributed by atoms with Crippen molar-refractivity contribution >= 4 is 11.6 Å². The summed E-state index contributed by atoms with van der Waals surface area (Å²) in [6.07, 6.45) is 0. The monoisotopic (exact) mass is 359 g/mol. The molecule has 140 valence electrons. The molecule has 0 aliphatic carbocycles. The zero-order valence-electron chi connectivity index (χ0n) is 15.4. The van der Waals surface area contributed by atoms with Crippen LogP contribution in [-0.2, 0) is 11.3 Å². The summed E-state index contributed by atoms with van der Waals surface area (Å²) < 4.78 is 14.7. The summed E-state index contributed by atoms with van der Waals surface area (Å²) in [5.41, 5.74) is 2.98. The van der Waals surface area contributed by atoms with Gasteiger partial charge in [0.05, 0.1) is 5.69 Å². The largest absolute Gasteiger partial charge is 0.369 e. The first-order valence-electron chi connectivity index (χ1n) is 9.02. The lowest BCUT2D eigenvalue weighted by Crippen LogP contribution is -2.48. The van der Waals surface area contributed by atoms with Crippen LogP contribution in [0.25, 0.3) is 0 Å². The molecular weight excluding hydrogens is 333 g/mol. The van der Waals surface area contributed by atoms with E-state index in [4.69, 9.17) is 0 Å². The molecule has 6 nitrogen and oxygen atoms in total. The number of nitrogens with zero attached hydrogens (tertiary/aromatic N) is 4. The molecule has 1 saturated heterocycles. The Bertz CT molecular complexity index is 735. The van der Waals surface area contributed by atoms with Gasteiger partial charge >= 0.3 is 0 Å². The molecule has 1 fully saturated rings. The lowest BCUT2D eigenvalue weighted by molar-refractivity contribution is -0.121. The topological polar surface area (TPSA) is 53.4 Å². The summed E-state index contributed by atoms with van der Waals surface area (Å²) in [5, 5.41) is 7.27. The number of anilines is 1. The zero-order chi connectivity index (χ0) is 18.5. The van der Waals surface area contributed by atoms with Crippen LogP contribution in [0.2, 0.25) is 0 Å². The predicted octanol–water partition coefficient (Wildman–Crippen LogP) is 1.58. The molecule has 2 aromatic rings. The van der Waals surface area contributed by atoms with Crippen LogP contribution in [0, 0.1) is 19.7 Å². The zero-order valence-corrected chi connectivity index (χ0v) is 15.4. The standard InChI is InChI=1S/C19H26FN5O/c1-15-13-16(2)25(22-15)14-19(26)21-7-8-23-9-11-24(12-10-23)18-5-3-17(20)4-6-18/h3-6,13H,7-12,14H2,1-2H3,(H,21,26). The third-order valence-corrected chi connectivity index (χ3v) is 4.71. The summed E-state index contributed by atoms with van der Waals surface area (Å²) in [6, 6.07) is 8.61. The van der Waals surface area contributed by atoms with Crippen molar-refractivity contribution in [2.45, 2.75) is 20.4 Å². The minimum absolute atomic E-state index is 0.0128. The summed E-state index contributed by atoms with van der Waals surface area (Å²) in [5.74, 6) is -0.218. The van der Waals surface area contributed by atoms with Crippen molar-refractivity contribution in [1.82, 2.24) is 20.0 Å². The number of carbonyl (C=O) groups is 1. The summed E-state index contributed by atoms with van der Waals surface area (Å²) in [6.45, 7) is 9.29. The third-order valence-electron chi connectivity index (χ3n) is 4.71. The molecular formula is C19H26FN5O. The van der Waals surface area contributed by atoms with Gasteiger partial charge in [0, 0.05) is 50.6 Å². The van der Waals surface area contributed by atoms with Crippen molar-refractivity contribution in [2.24, 2.45) is 0 Å². The molecule has 2 heterocycles. The highest BCUT2D eigenvalue weighted by molar-refractivity contribution is 5.75. The van der Waals surface area contributed by atoms with E-state index < -0.39 is 0 Å². The van der Waals surface area contributed by atoms with E-state index in [0.29, 0.717) is 6.54 Å². The summed E-state index contributed by atoms with van der Waals surface area (Å²) in [4.78, 5) is 16.6. The number of hydrogen-bond acceptors (Lipinski definition) is 4. The second kappa shape index (κ2) is 8.31. The van der Waals surface area contributed by atoms with Crippen LogP contribution in [0.3, 0.4) is 0 Å². The van der Waals surface area contributed by atoms with E-state index in [1.807, 2.05) is 32.0 Å². The summed E-state index contributed by atoms with van der Waals surface area (Å²) >= 11 is 0. The number of carbonyl (C=O) groups excluding carboxylic acids is 1. The van der Waals surface area contributed by atoms with Gasteiger partial charge < -0.3 is 10.2 Å². The van der Waals surface area contributed by atoms with Crippen molar-refractivity contribution in [3.63, 3.8) is 0 Å². The second-order valence-electron chi connectivity index (χ2n) is 6.74. The average Bonchev–Trinajstić information content (AvgIpc) is 2.93. The number of hydrogen-bond donors (Lipinski definition) is 1. The second-order valence-corrected chi connectivity index (χ2v) is 6.74. The number of aromatic nitrogens is 2. The van der Waals surface area contributed by atoms with E-state index in [0.717, 1.165) is 49.8 Å². The minimum atomic E-state index is -0.205. The predicted molar refractivity (Wildman–Crippen MR) is 99.8 cm³/mol. The Balaban J connectivity index is 1.36. The van der Waals surface area contributed by atoms with Gasteiger partial charge in [-0.25, -0.2) is 4.39 Å². The molecule has 0 atom stereocenters. The molecule has 0 bridgehead atoms. The maximum Gasteiger partial charge on any atom is 0.241 e. The molecule has 7 heteroatoms. The molecule has 1 amide bonds. The highest BCUT2D eigenvalue weighted by Gasteiger charge is 2.17. The Morgan fingerprint density at radius 3 is 2.46 bits per heavy atom. The van der Waals surface area contributed by atoms with E-state index in [2.05, 4.69) is 20.2 Å². The molecule has 0 saturated carbocycles. The van der Waals surface area contributed by atoms with E-state index >= 15 is 0 Å². The third kappa shape index (κ3) is 4.82. The van der Waals surface area contributed by atoms with Gasteiger partial charge in [0.15, 0.2) is 0 Å². The smallest absolute Gasteiger partial charge is 0.241 e. The van der Waals surface area contributed by atoms with Crippen LogP contribution in [0.5, 0.6) is 0 Å². The fourth-order valence-electron chi connectivity index (χ4n) is 3.26. The molecule has 1 N–H and O–H groups in total. The number of rotatable bonds is 6. The maximum absolute atomic E-state index is 13.0. The van der Waals surface area contributed by atoms with E-state index in [1.165, 1.54) is 12.1 Å². The SMILES string of the molecule is Cc1cc(C)n(CC(=O)NCCN2CCN(c3ccc(F)cc3)CC2)n1. The number of amides is 1. The van der Waals surface area contributed by atoms with Crippen molar-refractivity contribution in [2.75, 3.05) is 44.2 Å². The van der Waals surface area contributed by atoms with Crippen LogP contribution in [0.1, 0.15) is 11.4 Å². The van der Waals surface area contributed by atoms with Gasteiger partial charge in [-0.15, -0.1) is 0 Å². The first-order chi connectivity index (χ1) is 12.5. The molecule has 1 aliphatic rings. The average molecular weight is 359 g/mol. The first-order valence-corrected chi connectivity index (χ1v) is 9.02. The van der Waals surface area contributed by atoms with Crippen LogP contribution in [-0.4, -0.2) is 59.9 Å². The van der Waals surface area contributed by atoms with Crippen LogP contribution in [0.15, 0.2) is 30.3 Å². The molecule has 0 spiro atoms. The normalized spacial score (nSPS) is 15.3. The number of piperazine rings is 1. The summed E-state index contributed by atoms with van der Waals surface area (Å²) in [7, 11) is 0. The molecule has 0 unspecified atom stereocenters. The van der Waals surface area contributed by atoms with Gasteiger partial charge in [-0.05, 0) is 44.2 Å². The van der Waals surface area contributed by atoms with E-state index in [9.17, 15) is 9.18 Å². The molecule has 26 heavy (non-hydrogen) atoms. The number of halogens is 1. The van der Waals surface area contributed by atoms with E-state index in [-0.39, 0.29) is 18.3 Å². The van der Waals surface area contributed by atoms with Gasteiger partial charge in [-0.3, -0.25) is 14.4 Å². The van der Waals surface area contributed by atoms with Crippen LogP contribution < -0.4 is 10.2 Å². The number of aryl methyl sites for hydroxylation is 2. The molecule has 1 aliphatic heterocycles. The van der Waals surface area contributed by atoms with Gasteiger partial charge in [0.1, 0.15) is 12.4 Å². The van der Waals surface area contributed by atoms with Crippen molar-refractivity contribution in [3.8, 4) is 0 Å². The fourth-order valence-corrected chi connectivity index (χ4v) is 3.26. The van der Waals surface area contributed by atoms with Gasteiger partial charge in [-0.1, -0.05) is 0 Å². The Morgan fingerprint density at radius 1 is 1.15 bits per heavy atom. The maximum atomic E-state index is 13.0. The molecule has 1 aromatic heterocycles. The Hall–Kier alpha value is -2.41. The Morgan fingerprint density at radius 2 is 1.85 bits per heavy atom. The lowest BCUT2D eigenvalue weighted by atomic mass is 10.2. The molecule has 1 aromatic carbocycles. The van der Waals surface area contributed by atoms with E-state index in [1.54, 1.807) is 4.68 Å². The van der Waals surface area contributed by atoms with Gasteiger partial charge in [0.25, 0.3) is 0 Å². The highest BCUT2D eigenvalue weighted by atomic mass is 19.1. The minimum Gasteiger partial charge on any atom is -0.369 e. The van der Waals surface area contributed by atoms with Gasteiger partial charge in [-0.2, -0.15) is 5.10 Å². The number of nitrogens with one attached hydrogen (secondary N) is 1.